The second-order valence-electron chi connectivity index (χ2n) is 7.99. The lowest BCUT2D eigenvalue weighted by atomic mass is 10.1. The number of hydrogen-bond donors (Lipinski definition) is 1. The number of carbonyl (C=O) groups is 2. The van der Waals surface area contributed by atoms with Crippen molar-refractivity contribution < 1.29 is 19.1 Å². The Morgan fingerprint density at radius 2 is 1.74 bits per heavy atom. The fourth-order valence-corrected chi connectivity index (χ4v) is 3.72. The van der Waals surface area contributed by atoms with Crippen LogP contribution in [0.4, 0.5) is 5.69 Å². The van der Waals surface area contributed by atoms with Gasteiger partial charge in [0.25, 0.3) is 5.91 Å². The molecule has 0 aliphatic carbocycles. The molecule has 1 aliphatic rings. The minimum absolute atomic E-state index is 0.254. The molecule has 3 aromatic carbocycles. The first-order chi connectivity index (χ1) is 17.0. The second kappa shape index (κ2) is 10.7. The van der Waals surface area contributed by atoms with E-state index in [-0.39, 0.29) is 5.91 Å². The number of nitrogens with two attached hydrogens (primary N) is 1. The normalized spacial score (nSPS) is 14.2. The van der Waals surface area contributed by atoms with Gasteiger partial charge in [-0.25, -0.2) is 0 Å². The molecule has 0 saturated carbocycles. The van der Waals surface area contributed by atoms with Gasteiger partial charge in [0, 0.05) is 12.0 Å². The van der Waals surface area contributed by atoms with Gasteiger partial charge in [0.2, 0.25) is 5.91 Å². The maximum Gasteiger partial charge on any atom is 0.280 e. The molecule has 0 radical (unpaired) electrons. The Morgan fingerprint density at radius 3 is 2.43 bits per heavy atom. The Labute approximate surface area is 204 Å². The van der Waals surface area contributed by atoms with E-state index in [0.29, 0.717) is 47.2 Å². The van der Waals surface area contributed by atoms with Crippen LogP contribution < -0.4 is 20.2 Å². The molecule has 7 heteroatoms. The van der Waals surface area contributed by atoms with Crippen LogP contribution in [0.2, 0.25) is 0 Å². The molecule has 0 aromatic heterocycles. The van der Waals surface area contributed by atoms with E-state index in [2.05, 4.69) is 17.2 Å². The molecule has 1 aliphatic heterocycles. The van der Waals surface area contributed by atoms with Crippen LogP contribution in [0.1, 0.15) is 35.3 Å². The number of amides is 2. The number of anilines is 1. The zero-order valence-corrected chi connectivity index (χ0v) is 19.7. The van der Waals surface area contributed by atoms with Crippen LogP contribution in [0.3, 0.4) is 0 Å². The Kier molecular flexibility index (Phi) is 7.26. The number of primary amides is 1. The van der Waals surface area contributed by atoms with Crippen molar-refractivity contribution in [2.24, 2.45) is 10.8 Å². The monoisotopic (exact) mass is 469 g/mol. The average molecular weight is 470 g/mol. The van der Waals surface area contributed by atoms with Gasteiger partial charge in [-0.3, -0.25) is 9.59 Å². The number of rotatable bonds is 9. The SMILES string of the molecule is CCOc1cc(C=C2C(=O)N(c3ccc(C(N)=O)cc3)N=C2C)ccc1OCCc1ccccc1. The van der Waals surface area contributed by atoms with Gasteiger partial charge in [0.15, 0.2) is 11.5 Å². The first kappa shape index (κ1) is 23.8. The molecule has 0 fully saturated rings. The maximum atomic E-state index is 13.1. The minimum Gasteiger partial charge on any atom is -0.490 e. The van der Waals surface area contributed by atoms with Gasteiger partial charge in [-0.1, -0.05) is 36.4 Å². The Hall–Kier alpha value is -4.39. The second-order valence-corrected chi connectivity index (χ2v) is 7.99. The number of hydrogen-bond acceptors (Lipinski definition) is 5. The topological polar surface area (TPSA) is 94.2 Å². The van der Waals surface area contributed by atoms with Crippen LogP contribution in [0.15, 0.2) is 83.5 Å². The molecular weight excluding hydrogens is 442 g/mol. The molecule has 3 aromatic rings. The van der Waals surface area contributed by atoms with Crippen molar-refractivity contribution in [2.75, 3.05) is 18.2 Å². The van der Waals surface area contributed by atoms with Crippen LogP contribution >= 0.6 is 0 Å². The zero-order chi connectivity index (χ0) is 24.8. The summed E-state index contributed by atoms with van der Waals surface area (Å²) < 4.78 is 11.8. The van der Waals surface area contributed by atoms with Crippen LogP contribution in [-0.4, -0.2) is 30.7 Å². The van der Waals surface area contributed by atoms with Gasteiger partial charge in [-0.05, 0) is 67.4 Å². The lowest BCUT2D eigenvalue weighted by Gasteiger charge is -2.13. The number of benzene rings is 3. The molecule has 1 heterocycles. The van der Waals surface area contributed by atoms with Gasteiger partial charge in [0.05, 0.1) is 30.2 Å². The van der Waals surface area contributed by atoms with Gasteiger partial charge >= 0.3 is 0 Å². The van der Waals surface area contributed by atoms with E-state index in [4.69, 9.17) is 15.2 Å². The Bertz CT molecular complexity index is 1280. The van der Waals surface area contributed by atoms with Crippen molar-refractivity contribution in [3.63, 3.8) is 0 Å². The number of nitrogens with zero attached hydrogens (tertiary/aromatic N) is 2. The summed E-state index contributed by atoms with van der Waals surface area (Å²) in [5.41, 5.74) is 9.29. The largest absolute Gasteiger partial charge is 0.490 e. The van der Waals surface area contributed by atoms with Crippen molar-refractivity contribution in [3.05, 3.63) is 95.1 Å². The lowest BCUT2D eigenvalue weighted by molar-refractivity contribution is -0.114. The third-order valence-corrected chi connectivity index (χ3v) is 5.53. The standard InChI is InChI=1S/C28H27N3O4/c1-3-34-26-18-21(9-14-25(26)35-16-15-20-7-5-4-6-8-20)17-24-19(2)30-31(28(24)33)23-12-10-22(11-13-23)27(29)32/h4-14,17-18H,3,15-16H2,1-2H3,(H2,29,32). The van der Waals surface area contributed by atoms with Crippen molar-refractivity contribution in [1.29, 1.82) is 0 Å². The summed E-state index contributed by atoms with van der Waals surface area (Å²) in [5, 5.41) is 5.71. The molecule has 0 unspecified atom stereocenters. The van der Waals surface area contributed by atoms with Crippen molar-refractivity contribution in [2.45, 2.75) is 20.3 Å². The van der Waals surface area contributed by atoms with E-state index < -0.39 is 5.91 Å². The molecule has 7 nitrogen and oxygen atoms in total. The maximum absolute atomic E-state index is 13.1. The molecule has 0 spiro atoms. The van der Waals surface area contributed by atoms with Gasteiger partial charge in [-0.15, -0.1) is 0 Å². The van der Waals surface area contributed by atoms with Gasteiger partial charge < -0.3 is 15.2 Å². The highest BCUT2D eigenvalue weighted by Crippen LogP contribution is 2.31. The summed E-state index contributed by atoms with van der Waals surface area (Å²) in [4.78, 5) is 24.4. The van der Waals surface area contributed by atoms with Crippen LogP contribution in [0.25, 0.3) is 6.08 Å². The third-order valence-electron chi connectivity index (χ3n) is 5.53. The molecule has 35 heavy (non-hydrogen) atoms. The van der Waals surface area contributed by atoms with E-state index in [9.17, 15) is 9.59 Å². The molecule has 0 bridgehead atoms. The van der Waals surface area contributed by atoms with Crippen molar-refractivity contribution in [1.82, 2.24) is 0 Å². The van der Waals surface area contributed by atoms with Gasteiger partial charge in [0.1, 0.15) is 0 Å². The predicted molar refractivity (Wildman–Crippen MR) is 137 cm³/mol. The fourth-order valence-electron chi connectivity index (χ4n) is 3.72. The van der Waals surface area contributed by atoms with E-state index >= 15 is 0 Å². The molecule has 2 amide bonds. The molecule has 2 N–H and O–H groups in total. The molecule has 4 rings (SSSR count). The van der Waals surface area contributed by atoms with E-state index in [1.54, 1.807) is 37.3 Å². The first-order valence-corrected chi connectivity index (χ1v) is 11.4. The third kappa shape index (κ3) is 5.58. The smallest absolute Gasteiger partial charge is 0.280 e. The molecule has 0 saturated heterocycles. The van der Waals surface area contributed by atoms with E-state index in [1.165, 1.54) is 10.6 Å². The van der Waals surface area contributed by atoms with Crippen molar-refractivity contribution >= 4 is 29.3 Å². The number of ether oxygens (including phenoxy) is 2. The molecular formula is C28H27N3O4. The van der Waals surface area contributed by atoms with Crippen LogP contribution in [0.5, 0.6) is 11.5 Å². The first-order valence-electron chi connectivity index (χ1n) is 11.4. The summed E-state index contributed by atoms with van der Waals surface area (Å²) in [6, 6.07) is 22.2. The summed E-state index contributed by atoms with van der Waals surface area (Å²) in [6.07, 6.45) is 2.58. The predicted octanol–water partition coefficient (Wildman–Crippen LogP) is 4.61. The highest BCUT2D eigenvalue weighted by Gasteiger charge is 2.28. The highest BCUT2D eigenvalue weighted by molar-refractivity contribution is 6.32. The molecule has 178 valence electrons. The summed E-state index contributed by atoms with van der Waals surface area (Å²) in [6.45, 7) is 4.71. The zero-order valence-electron chi connectivity index (χ0n) is 19.7. The number of hydrazone groups is 1. The minimum atomic E-state index is -0.526. The van der Waals surface area contributed by atoms with Crippen molar-refractivity contribution in [3.8, 4) is 11.5 Å². The Balaban J connectivity index is 1.51. The molecule has 0 atom stereocenters. The van der Waals surface area contributed by atoms with E-state index in [1.807, 2.05) is 43.3 Å². The Morgan fingerprint density at radius 1 is 1.00 bits per heavy atom. The summed E-state index contributed by atoms with van der Waals surface area (Å²) >= 11 is 0. The van der Waals surface area contributed by atoms with Crippen LogP contribution in [0, 0.1) is 0 Å². The fraction of sp³-hybridized carbons (Fsp3) is 0.179. The average Bonchev–Trinajstić information content (AvgIpc) is 3.14. The number of carbonyl (C=O) groups excluding carboxylic acids is 2. The van der Waals surface area contributed by atoms with Crippen LogP contribution in [-0.2, 0) is 11.2 Å². The summed E-state index contributed by atoms with van der Waals surface area (Å²) in [7, 11) is 0. The summed E-state index contributed by atoms with van der Waals surface area (Å²) in [5.74, 6) is 0.496. The lowest BCUT2D eigenvalue weighted by Crippen LogP contribution is -2.21. The quantitative estimate of drug-likeness (QED) is 0.463. The van der Waals surface area contributed by atoms with Gasteiger partial charge in [-0.2, -0.15) is 10.1 Å². The highest BCUT2D eigenvalue weighted by atomic mass is 16.5. The van der Waals surface area contributed by atoms with E-state index in [0.717, 1.165) is 12.0 Å².